The normalized spacial score (nSPS) is 10.5. The molecule has 0 saturated heterocycles. The maximum absolute atomic E-state index is 10.6. The molecule has 0 saturated carbocycles. The predicted octanol–water partition coefficient (Wildman–Crippen LogP) is 1.47. The van der Waals surface area contributed by atoms with Crippen LogP contribution in [-0.4, -0.2) is 16.4 Å². The first-order valence-corrected chi connectivity index (χ1v) is 4.02. The molecule has 3 heteroatoms. The van der Waals surface area contributed by atoms with Crippen molar-refractivity contribution in [1.82, 2.24) is 4.98 Å². The molecule has 0 aliphatic carbocycles. The van der Waals surface area contributed by atoms with E-state index in [1.165, 1.54) is 0 Å². The highest BCUT2D eigenvalue weighted by Gasteiger charge is 2.08. The molecule has 0 aliphatic rings. The fourth-order valence-corrected chi connectivity index (χ4v) is 1.49. The van der Waals surface area contributed by atoms with Crippen LogP contribution in [0.4, 0.5) is 0 Å². The number of aldehydes is 1. The molecule has 2 aromatic rings. The van der Waals surface area contributed by atoms with Crippen molar-refractivity contribution in [2.24, 2.45) is 0 Å². The van der Waals surface area contributed by atoms with Gasteiger partial charge in [-0.3, -0.25) is 4.79 Å². The number of carbonyl (C=O) groups excluding carboxylic acids is 1. The molecule has 0 amide bonds. The molecule has 0 fully saturated rings. The van der Waals surface area contributed by atoms with Crippen LogP contribution in [0.15, 0.2) is 24.3 Å². The minimum absolute atomic E-state index is 0.113. The lowest BCUT2D eigenvalue weighted by molar-refractivity contribution is 0.111. The SMILES string of the molecule is O=Cc1[nH]c2ccccc2c1CO. The van der Waals surface area contributed by atoms with Gasteiger partial charge in [0.15, 0.2) is 6.29 Å². The minimum Gasteiger partial charge on any atom is -0.392 e. The van der Waals surface area contributed by atoms with Gasteiger partial charge in [-0.25, -0.2) is 0 Å². The van der Waals surface area contributed by atoms with Gasteiger partial charge in [0.2, 0.25) is 0 Å². The minimum atomic E-state index is -0.113. The lowest BCUT2D eigenvalue weighted by Gasteiger charge is -1.92. The largest absolute Gasteiger partial charge is 0.392 e. The van der Waals surface area contributed by atoms with E-state index in [1.807, 2.05) is 24.3 Å². The Hall–Kier alpha value is -1.61. The number of hydrogen-bond donors (Lipinski definition) is 2. The second-order valence-electron chi connectivity index (χ2n) is 2.84. The summed E-state index contributed by atoms with van der Waals surface area (Å²) in [5.74, 6) is 0. The van der Waals surface area contributed by atoms with E-state index in [0.717, 1.165) is 17.2 Å². The van der Waals surface area contributed by atoms with E-state index in [4.69, 9.17) is 5.11 Å². The fourth-order valence-electron chi connectivity index (χ4n) is 1.49. The van der Waals surface area contributed by atoms with Crippen molar-refractivity contribution in [3.8, 4) is 0 Å². The predicted molar refractivity (Wildman–Crippen MR) is 49.6 cm³/mol. The van der Waals surface area contributed by atoms with Gasteiger partial charge < -0.3 is 10.1 Å². The average molecular weight is 175 g/mol. The van der Waals surface area contributed by atoms with E-state index in [-0.39, 0.29) is 6.61 Å². The number of carbonyl (C=O) groups is 1. The highest BCUT2D eigenvalue weighted by atomic mass is 16.3. The molecule has 2 N–H and O–H groups in total. The van der Waals surface area contributed by atoms with Gasteiger partial charge in [0.25, 0.3) is 0 Å². The molecule has 0 aliphatic heterocycles. The number of benzene rings is 1. The Kier molecular flexibility index (Phi) is 1.87. The number of H-pyrrole nitrogens is 1. The van der Waals surface area contributed by atoms with Crippen LogP contribution in [0.5, 0.6) is 0 Å². The number of para-hydroxylation sites is 1. The number of aliphatic hydroxyl groups excluding tert-OH is 1. The third-order valence-electron chi connectivity index (χ3n) is 2.12. The van der Waals surface area contributed by atoms with Gasteiger partial charge in [0.1, 0.15) is 0 Å². The first kappa shape index (κ1) is 8.01. The number of rotatable bonds is 2. The van der Waals surface area contributed by atoms with E-state index in [2.05, 4.69) is 4.98 Å². The summed E-state index contributed by atoms with van der Waals surface area (Å²) in [4.78, 5) is 13.6. The Bertz CT molecular complexity index is 445. The van der Waals surface area contributed by atoms with Crippen LogP contribution in [0, 0.1) is 0 Å². The molecule has 0 unspecified atom stereocenters. The van der Waals surface area contributed by atoms with Crippen molar-refractivity contribution < 1.29 is 9.90 Å². The summed E-state index contributed by atoms with van der Waals surface area (Å²) in [7, 11) is 0. The Morgan fingerprint density at radius 2 is 2.15 bits per heavy atom. The van der Waals surface area contributed by atoms with Crippen molar-refractivity contribution in [1.29, 1.82) is 0 Å². The molecule has 66 valence electrons. The standard InChI is InChI=1S/C10H9NO2/c12-5-8-7-3-1-2-4-9(7)11-10(8)6-13/h1-4,6,11-12H,5H2. The molecule has 1 aromatic carbocycles. The zero-order valence-electron chi connectivity index (χ0n) is 6.95. The molecule has 0 atom stereocenters. The van der Waals surface area contributed by atoms with Crippen LogP contribution in [0.2, 0.25) is 0 Å². The van der Waals surface area contributed by atoms with Gasteiger partial charge in [-0.1, -0.05) is 18.2 Å². The number of fused-ring (bicyclic) bond motifs is 1. The van der Waals surface area contributed by atoms with Crippen LogP contribution in [0.1, 0.15) is 16.1 Å². The van der Waals surface area contributed by atoms with Crippen LogP contribution in [-0.2, 0) is 6.61 Å². The summed E-state index contributed by atoms with van der Waals surface area (Å²) in [6.45, 7) is -0.113. The smallest absolute Gasteiger partial charge is 0.166 e. The molecule has 3 nitrogen and oxygen atoms in total. The topological polar surface area (TPSA) is 53.1 Å². The van der Waals surface area contributed by atoms with E-state index >= 15 is 0 Å². The summed E-state index contributed by atoms with van der Waals surface area (Å²) in [5.41, 5.74) is 2.02. The second-order valence-corrected chi connectivity index (χ2v) is 2.84. The third kappa shape index (κ3) is 1.13. The molecular formula is C10H9NO2. The lowest BCUT2D eigenvalue weighted by atomic mass is 10.1. The highest BCUT2D eigenvalue weighted by molar-refractivity contribution is 5.92. The van der Waals surface area contributed by atoms with Crippen molar-refractivity contribution in [3.63, 3.8) is 0 Å². The molecule has 1 aromatic heterocycles. The van der Waals surface area contributed by atoms with Gasteiger partial charge in [-0.15, -0.1) is 0 Å². The average Bonchev–Trinajstić information content (AvgIpc) is 2.55. The van der Waals surface area contributed by atoms with Crippen molar-refractivity contribution in [2.45, 2.75) is 6.61 Å². The first-order valence-electron chi connectivity index (χ1n) is 4.02. The molecule has 0 spiro atoms. The maximum atomic E-state index is 10.6. The zero-order valence-corrected chi connectivity index (χ0v) is 6.95. The molecule has 0 bridgehead atoms. The first-order chi connectivity index (χ1) is 6.36. The van der Waals surface area contributed by atoms with Crippen molar-refractivity contribution >= 4 is 17.2 Å². The second kappa shape index (κ2) is 3.03. The number of aliphatic hydroxyl groups is 1. The molecule has 2 rings (SSSR count). The highest BCUT2D eigenvalue weighted by Crippen LogP contribution is 2.20. The number of aromatic nitrogens is 1. The molecule has 1 heterocycles. The van der Waals surface area contributed by atoms with Gasteiger partial charge in [0, 0.05) is 16.5 Å². The van der Waals surface area contributed by atoms with E-state index in [1.54, 1.807) is 0 Å². The summed E-state index contributed by atoms with van der Waals surface area (Å²) in [6, 6.07) is 7.52. The van der Waals surface area contributed by atoms with Crippen LogP contribution < -0.4 is 0 Å². The lowest BCUT2D eigenvalue weighted by Crippen LogP contribution is -1.87. The van der Waals surface area contributed by atoms with E-state index < -0.39 is 0 Å². The van der Waals surface area contributed by atoms with Crippen molar-refractivity contribution in [3.05, 3.63) is 35.5 Å². The quantitative estimate of drug-likeness (QED) is 0.679. The maximum Gasteiger partial charge on any atom is 0.166 e. The summed E-state index contributed by atoms with van der Waals surface area (Å²) < 4.78 is 0. The summed E-state index contributed by atoms with van der Waals surface area (Å²) in [5, 5.41) is 9.97. The Labute approximate surface area is 75.0 Å². The number of hydrogen-bond acceptors (Lipinski definition) is 2. The monoisotopic (exact) mass is 175 g/mol. The number of nitrogens with one attached hydrogen (secondary N) is 1. The van der Waals surface area contributed by atoms with Gasteiger partial charge in [0.05, 0.1) is 12.3 Å². The Morgan fingerprint density at radius 3 is 2.85 bits per heavy atom. The summed E-state index contributed by atoms with van der Waals surface area (Å²) >= 11 is 0. The Morgan fingerprint density at radius 1 is 1.38 bits per heavy atom. The molecular weight excluding hydrogens is 166 g/mol. The van der Waals surface area contributed by atoms with Gasteiger partial charge in [-0.05, 0) is 6.07 Å². The van der Waals surface area contributed by atoms with Gasteiger partial charge in [-0.2, -0.15) is 0 Å². The summed E-state index contributed by atoms with van der Waals surface area (Å²) in [6.07, 6.45) is 0.728. The van der Waals surface area contributed by atoms with Crippen LogP contribution >= 0.6 is 0 Å². The van der Waals surface area contributed by atoms with Crippen LogP contribution in [0.25, 0.3) is 10.9 Å². The zero-order chi connectivity index (χ0) is 9.26. The van der Waals surface area contributed by atoms with E-state index in [0.29, 0.717) is 11.3 Å². The van der Waals surface area contributed by atoms with Crippen LogP contribution in [0.3, 0.4) is 0 Å². The molecule has 0 radical (unpaired) electrons. The van der Waals surface area contributed by atoms with E-state index in [9.17, 15) is 4.79 Å². The van der Waals surface area contributed by atoms with Crippen molar-refractivity contribution in [2.75, 3.05) is 0 Å². The number of aromatic amines is 1. The fraction of sp³-hybridized carbons (Fsp3) is 0.100. The third-order valence-corrected chi connectivity index (χ3v) is 2.12. The Balaban J connectivity index is 2.81. The van der Waals surface area contributed by atoms with Gasteiger partial charge >= 0.3 is 0 Å². The molecule has 13 heavy (non-hydrogen) atoms.